The van der Waals surface area contributed by atoms with Crippen molar-refractivity contribution >= 4 is 46.8 Å². The summed E-state index contributed by atoms with van der Waals surface area (Å²) in [6, 6.07) is 8.96. The Balaban J connectivity index is 1.88. The van der Waals surface area contributed by atoms with Crippen LogP contribution in [0.3, 0.4) is 0 Å². The smallest absolute Gasteiger partial charge is 0.331 e. The SMILES string of the molecule is COc1ccc(/C=C/C(=O)OCC(=O)Nc2c(Cl)cccc2Cl)cc1F. The number of halogens is 3. The maximum atomic E-state index is 13.6. The van der Waals surface area contributed by atoms with Gasteiger partial charge in [-0.1, -0.05) is 35.3 Å². The van der Waals surface area contributed by atoms with Gasteiger partial charge in [-0.15, -0.1) is 0 Å². The second-order valence-electron chi connectivity index (χ2n) is 4.98. The second-order valence-corrected chi connectivity index (χ2v) is 5.79. The van der Waals surface area contributed by atoms with E-state index in [1.165, 1.54) is 25.3 Å². The molecule has 0 saturated heterocycles. The van der Waals surface area contributed by atoms with Crippen LogP contribution >= 0.6 is 23.2 Å². The molecule has 0 unspecified atom stereocenters. The van der Waals surface area contributed by atoms with E-state index in [4.69, 9.17) is 32.7 Å². The van der Waals surface area contributed by atoms with Crippen molar-refractivity contribution in [1.82, 2.24) is 0 Å². The Morgan fingerprint density at radius 3 is 2.50 bits per heavy atom. The number of carbonyl (C=O) groups excluding carboxylic acids is 2. The van der Waals surface area contributed by atoms with Crippen molar-refractivity contribution in [3.8, 4) is 5.75 Å². The summed E-state index contributed by atoms with van der Waals surface area (Å²) < 4.78 is 23.2. The molecule has 26 heavy (non-hydrogen) atoms. The minimum Gasteiger partial charge on any atom is -0.494 e. The number of carbonyl (C=O) groups is 2. The van der Waals surface area contributed by atoms with Gasteiger partial charge in [0.2, 0.25) is 0 Å². The lowest BCUT2D eigenvalue weighted by molar-refractivity contribution is -0.142. The minimum atomic E-state index is -0.762. The van der Waals surface area contributed by atoms with Gasteiger partial charge >= 0.3 is 5.97 Å². The first-order valence-corrected chi connectivity index (χ1v) is 8.08. The summed E-state index contributed by atoms with van der Waals surface area (Å²) in [5.74, 6) is -1.82. The zero-order chi connectivity index (χ0) is 19.1. The Labute approximate surface area is 159 Å². The number of methoxy groups -OCH3 is 1. The van der Waals surface area contributed by atoms with Crippen LogP contribution in [-0.4, -0.2) is 25.6 Å². The maximum absolute atomic E-state index is 13.6. The first-order chi connectivity index (χ1) is 12.4. The summed E-state index contributed by atoms with van der Waals surface area (Å²) in [6.07, 6.45) is 2.44. The van der Waals surface area contributed by atoms with E-state index in [0.29, 0.717) is 5.56 Å². The van der Waals surface area contributed by atoms with Crippen molar-refractivity contribution in [3.63, 3.8) is 0 Å². The number of nitrogens with one attached hydrogen (secondary N) is 1. The van der Waals surface area contributed by atoms with Gasteiger partial charge in [0.1, 0.15) is 0 Å². The predicted octanol–water partition coefficient (Wildman–Crippen LogP) is 4.34. The van der Waals surface area contributed by atoms with Gasteiger partial charge in [-0.05, 0) is 35.9 Å². The van der Waals surface area contributed by atoms with E-state index in [2.05, 4.69) is 5.32 Å². The third kappa shape index (κ3) is 5.47. The molecule has 1 amide bonds. The Morgan fingerprint density at radius 1 is 1.19 bits per heavy atom. The van der Waals surface area contributed by atoms with E-state index < -0.39 is 24.3 Å². The number of para-hydroxylation sites is 1. The van der Waals surface area contributed by atoms with Gasteiger partial charge in [0, 0.05) is 6.08 Å². The minimum absolute atomic E-state index is 0.0969. The molecule has 0 radical (unpaired) electrons. The quantitative estimate of drug-likeness (QED) is 0.581. The largest absolute Gasteiger partial charge is 0.494 e. The molecule has 136 valence electrons. The molecule has 5 nitrogen and oxygen atoms in total. The van der Waals surface area contributed by atoms with Crippen molar-refractivity contribution in [2.24, 2.45) is 0 Å². The molecule has 0 aromatic heterocycles. The monoisotopic (exact) mass is 397 g/mol. The highest BCUT2D eigenvalue weighted by molar-refractivity contribution is 6.39. The van der Waals surface area contributed by atoms with Gasteiger partial charge in [-0.2, -0.15) is 0 Å². The Bertz CT molecular complexity index is 835. The molecule has 2 aromatic rings. The summed E-state index contributed by atoms with van der Waals surface area (Å²) >= 11 is 11.9. The third-order valence-corrected chi connectivity index (χ3v) is 3.79. The summed E-state index contributed by atoms with van der Waals surface area (Å²) in [4.78, 5) is 23.5. The molecule has 8 heteroatoms. The molecular weight excluding hydrogens is 384 g/mol. The van der Waals surface area contributed by atoms with E-state index in [-0.39, 0.29) is 21.5 Å². The van der Waals surface area contributed by atoms with Crippen LogP contribution in [-0.2, 0) is 14.3 Å². The summed E-state index contributed by atoms with van der Waals surface area (Å²) in [5, 5.41) is 2.99. The van der Waals surface area contributed by atoms with Crippen LogP contribution in [0.15, 0.2) is 42.5 Å². The number of benzene rings is 2. The molecule has 0 aliphatic heterocycles. The fourth-order valence-corrected chi connectivity index (χ4v) is 2.42. The lowest BCUT2D eigenvalue weighted by atomic mass is 10.2. The number of rotatable bonds is 6. The van der Waals surface area contributed by atoms with Gasteiger partial charge in [0.15, 0.2) is 18.2 Å². The Kier molecular flexibility index (Phi) is 7.00. The number of amides is 1. The molecule has 1 N–H and O–H groups in total. The molecule has 2 rings (SSSR count). The van der Waals surface area contributed by atoms with Gasteiger partial charge in [0.25, 0.3) is 5.91 Å². The van der Waals surface area contributed by atoms with Crippen LogP contribution in [0.4, 0.5) is 10.1 Å². The van der Waals surface area contributed by atoms with E-state index in [9.17, 15) is 14.0 Å². The van der Waals surface area contributed by atoms with Crippen LogP contribution in [0.2, 0.25) is 10.0 Å². The number of hydrogen-bond donors (Lipinski definition) is 1. The van der Waals surface area contributed by atoms with E-state index in [1.807, 2.05) is 0 Å². The highest BCUT2D eigenvalue weighted by Crippen LogP contribution is 2.29. The van der Waals surface area contributed by atoms with Crippen molar-refractivity contribution in [3.05, 3.63) is 63.9 Å². The molecule has 0 aliphatic rings. The molecule has 0 saturated carbocycles. The topological polar surface area (TPSA) is 64.6 Å². The average molecular weight is 398 g/mol. The maximum Gasteiger partial charge on any atom is 0.331 e. The van der Waals surface area contributed by atoms with Crippen LogP contribution in [0.5, 0.6) is 5.75 Å². The van der Waals surface area contributed by atoms with Crippen LogP contribution in [0.1, 0.15) is 5.56 Å². The first-order valence-electron chi connectivity index (χ1n) is 7.33. The fourth-order valence-electron chi connectivity index (χ4n) is 1.93. The van der Waals surface area contributed by atoms with Crippen LogP contribution < -0.4 is 10.1 Å². The molecule has 0 aliphatic carbocycles. The van der Waals surface area contributed by atoms with E-state index in [1.54, 1.807) is 24.3 Å². The molecule has 0 atom stereocenters. The van der Waals surface area contributed by atoms with Gasteiger partial charge in [-0.25, -0.2) is 9.18 Å². The molecule has 0 heterocycles. The van der Waals surface area contributed by atoms with Gasteiger partial charge in [0.05, 0.1) is 22.8 Å². The lowest BCUT2D eigenvalue weighted by Gasteiger charge is -2.08. The Morgan fingerprint density at radius 2 is 1.88 bits per heavy atom. The summed E-state index contributed by atoms with van der Waals surface area (Å²) in [7, 11) is 1.35. The predicted molar refractivity (Wildman–Crippen MR) is 98.0 cm³/mol. The third-order valence-electron chi connectivity index (χ3n) is 3.16. The van der Waals surface area contributed by atoms with Crippen molar-refractivity contribution < 1.29 is 23.5 Å². The standard InChI is InChI=1S/C18H14Cl2FNO4/c1-25-15-7-5-11(9-14(15)21)6-8-17(24)26-10-16(23)22-18-12(19)3-2-4-13(18)20/h2-9H,10H2,1H3,(H,22,23)/b8-6+. The van der Waals surface area contributed by atoms with Crippen molar-refractivity contribution in [1.29, 1.82) is 0 Å². The van der Waals surface area contributed by atoms with Gasteiger partial charge in [-0.3, -0.25) is 4.79 Å². The number of hydrogen-bond acceptors (Lipinski definition) is 4. The summed E-state index contributed by atoms with van der Waals surface area (Å²) in [6.45, 7) is -0.526. The number of anilines is 1. The lowest BCUT2D eigenvalue weighted by Crippen LogP contribution is -2.20. The van der Waals surface area contributed by atoms with Crippen molar-refractivity contribution in [2.45, 2.75) is 0 Å². The zero-order valence-corrected chi connectivity index (χ0v) is 15.1. The van der Waals surface area contributed by atoms with Crippen LogP contribution in [0.25, 0.3) is 6.08 Å². The number of esters is 1. The fraction of sp³-hybridized carbons (Fsp3) is 0.111. The molecule has 0 fully saturated rings. The highest BCUT2D eigenvalue weighted by Gasteiger charge is 2.11. The number of ether oxygens (including phenoxy) is 2. The van der Waals surface area contributed by atoms with Crippen LogP contribution in [0, 0.1) is 5.82 Å². The highest BCUT2D eigenvalue weighted by atomic mass is 35.5. The Hall–Kier alpha value is -2.57. The molecule has 0 spiro atoms. The normalized spacial score (nSPS) is 10.6. The zero-order valence-electron chi connectivity index (χ0n) is 13.6. The summed E-state index contributed by atoms with van der Waals surface area (Å²) in [5.41, 5.74) is 0.675. The van der Waals surface area contributed by atoms with Gasteiger partial charge < -0.3 is 14.8 Å². The van der Waals surface area contributed by atoms with E-state index >= 15 is 0 Å². The first kappa shape index (κ1) is 19.8. The van der Waals surface area contributed by atoms with Crippen molar-refractivity contribution in [2.75, 3.05) is 19.0 Å². The molecule has 0 bridgehead atoms. The van der Waals surface area contributed by atoms with E-state index in [0.717, 1.165) is 6.08 Å². The molecular formula is C18H14Cl2FNO4. The molecule has 2 aromatic carbocycles. The average Bonchev–Trinajstić information content (AvgIpc) is 2.61. The second kappa shape index (κ2) is 9.22.